The molecule has 13 nitrogen and oxygen atoms in total. The molecule has 0 fully saturated rings. The Morgan fingerprint density at radius 2 is 0.429 bits per heavy atom. The fourth-order valence-corrected chi connectivity index (χ4v) is 0. The van der Waals surface area contributed by atoms with Crippen molar-refractivity contribution in [2.45, 2.75) is 0 Å². The minimum absolute atomic E-state index is 0. The third-order valence-corrected chi connectivity index (χ3v) is 0.500. The molecule has 0 saturated heterocycles. The van der Waals surface area contributed by atoms with Crippen LogP contribution < -0.4 is 30.6 Å². The Morgan fingerprint density at radius 3 is 0.429 bits per heavy atom. The van der Waals surface area contributed by atoms with E-state index in [1.807, 2.05) is 0 Å². The second-order valence-corrected chi connectivity index (χ2v) is 1.72. The predicted octanol–water partition coefficient (Wildman–Crippen LogP) is -11.4. The van der Waals surface area contributed by atoms with E-state index >= 15 is 0 Å². The monoisotopic (exact) mass is 610 g/mol. The van der Waals surface area contributed by atoms with Crippen molar-refractivity contribution in [2.75, 3.05) is 0 Å². The Hall–Kier alpha value is -0.675. The molecule has 0 rings (SSSR count). The molecule has 0 aromatic carbocycles. The smallest absolute Gasteiger partial charge is 0.543 e. The van der Waals surface area contributed by atoms with Gasteiger partial charge in [0.2, 0.25) is 0 Å². The zero-order chi connectivity index (χ0) is 15.5. The van der Waals surface area contributed by atoms with Gasteiger partial charge in [-0.2, -0.15) is 0 Å². The van der Waals surface area contributed by atoms with Crippen molar-refractivity contribution in [3.8, 4) is 0 Å². The van der Waals surface area contributed by atoms with Crippen molar-refractivity contribution >= 4 is 35.8 Å². The van der Waals surface area contributed by atoms with Gasteiger partial charge < -0.3 is 64.9 Å². The predicted molar refractivity (Wildman–Crippen MR) is 33.7 cm³/mol. The summed E-state index contributed by atoms with van der Waals surface area (Å²) in [5.41, 5.74) is 0. The Balaban J connectivity index is -0.0000000375. The van der Waals surface area contributed by atoms with Gasteiger partial charge in [-0.25, -0.2) is 0 Å². The fourth-order valence-electron chi connectivity index (χ4n) is 0. The van der Waals surface area contributed by atoms with Crippen LogP contribution in [0.2, 0.25) is 0 Å². The summed E-state index contributed by atoms with van der Waals surface area (Å²) >= 11 is 0. The topological polar surface area (TPSA) is 272 Å². The van der Waals surface area contributed by atoms with Crippen molar-refractivity contribution in [2.24, 2.45) is 0 Å². The van der Waals surface area contributed by atoms with Crippen LogP contribution in [0.3, 0.4) is 0 Å². The normalized spacial score (nSPS) is 6.29. The minimum Gasteiger partial charge on any atom is -0.543 e. The van der Waals surface area contributed by atoms with E-state index in [0.717, 1.165) is 0 Å². The van der Waals surface area contributed by atoms with Gasteiger partial charge in [0.25, 0.3) is 0 Å². The molecule has 0 spiro atoms. The molecule has 2 N–H and O–H groups in total. The van der Waals surface area contributed by atoms with Crippen LogP contribution in [0, 0.1) is 76.3 Å². The van der Waals surface area contributed by atoms with E-state index in [1.54, 1.807) is 0 Å². The first-order valence-corrected chi connectivity index (χ1v) is 3.20. The van der Waals surface area contributed by atoms with Crippen molar-refractivity contribution in [1.29, 1.82) is 0 Å². The number of rotatable bonds is 0. The molecule has 0 atom stereocenters. The molecule has 0 aromatic rings. The van der Waals surface area contributed by atoms with Gasteiger partial charge in [-0.05, 0) is 0 Å². The van der Waals surface area contributed by atoms with Crippen molar-refractivity contribution in [3.05, 3.63) is 0 Å². The van der Waals surface area contributed by atoms with Crippen molar-refractivity contribution in [3.63, 3.8) is 0 Å². The second kappa shape index (κ2) is 21.6. The summed E-state index contributed by atoms with van der Waals surface area (Å²) in [5, 5.41) is 53.6. The van der Waals surface area contributed by atoms with Crippen LogP contribution >= 0.6 is 0 Å². The van der Waals surface area contributed by atoms with E-state index in [-0.39, 0.29) is 81.8 Å². The van der Waals surface area contributed by atoms with Crippen LogP contribution in [-0.2, 0) is 28.8 Å². The Morgan fingerprint density at radius 1 is 0.381 bits per heavy atom. The van der Waals surface area contributed by atoms with Gasteiger partial charge in [0, 0.05) is 0 Å². The molecule has 0 aliphatic heterocycles. The molecule has 0 bridgehead atoms. The quantitative estimate of drug-likeness (QED) is 0.232. The van der Waals surface area contributed by atoms with E-state index < -0.39 is 35.8 Å². The van der Waals surface area contributed by atoms with Gasteiger partial charge in [-0.3, -0.25) is 0 Å². The van der Waals surface area contributed by atoms with Crippen molar-refractivity contribution in [1.82, 2.24) is 0 Å². The first-order valence-electron chi connectivity index (χ1n) is 3.20. The molecular weight excluding hydrogens is 605 g/mol. The maximum Gasteiger partial charge on any atom is 3.00 e. The summed E-state index contributed by atoms with van der Waals surface area (Å²) in [7, 11) is 0. The average Bonchev–Trinajstić information content (AvgIpc) is 2.18. The molecular formula is C6H2Dy2O13. The van der Waals surface area contributed by atoms with Crippen LogP contribution in [0.15, 0.2) is 0 Å². The molecule has 0 amide bonds. The van der Waals surface area contributed by atoms with Crippen LogP contribution in [0.25, 0.3) is 0 Å². The SMILES string of the molecule is O.O=C([O-])C(=O)[O-].O=C([O-])C(=O)[O-].O=C([O-])C(=O)[O-].[Dy+3].[Dy+3]. The first kappa shape index (κ1) is 37.0. The maximum atomic E-state index is 8.93. The van der Waals surface area contributed by atoms with Gasteiger partial charge >= 0.3 is 76.3 Å². The van der Waals surface area contributed by atoms with E-state index in [1.165, 1.54) is 0 Å². The Labute approximate surface area is 175 Å². The summed E-state index contributed by atoms with van der Waals surface area (Å²) < 4.78 is 0. The molecule has 21 heavy (non-hydrogen) atoms. The summed E-state index contributed by atoms with van der Waals surface area (Å²) in [6, 6.07) is 0. The summed E-state index contributed by atoms with van der Waals surface area (Å²) in [5.74, 6) is -13.1. The van der Waals surface area contributed by atoms with Gasteiger partial charge in [0.05, 0.1) is 35.8 Å². The Bertz CT molecular complexity index is 282. The number of carbonyl (C=O) groups is 6. The largest absolute Gasteiger partial charge is 3.00 e. The van der Waals surface area contributed by atoms with E-state index in [4.69, 9.17) is 59.4 Å². The number of aliphatic carboxylic acids is 6. The minimum atomic E-state index is -2.19. The van der Waals surface area contributed by atoms with Gasteiger partial charge in [0.15, 0.2) is 0 Å². The summed E-state index contributed by atoms with van der Waals surface area (Å²) in [6.45, 7) is 0. The van der Waals surface area contributed by atoms with Crippen molar-refractivity contribution < 1.29 is 141 Å². The van der Waals surface area contributed by atoms with Gasteiger partial charge in [-0.15, -0.1) is 0 Å². The molecule has 0 unspecified atom stereocenters. The van der Waals surface area contributed by atoms with Crippen LogP contribution in [0.4, 0.5) is 0 Å². The second-order valence-electron chi connectivity index (χ2n) is 1.72. The zero-order valence-corrected chi connectivity index (χ0v) is 13.1. The number of hydrogen-bond donors (Lipinski definition) is 0. The van der Waals surface area contributed by atoms with Crippen LogP contribution in [0.5, 0.6) is 0 Å². The fraction of sp³-hybridized carbons (Fsp3) is 0. The van der Waals surface area contributed by atoms with Gasteiger partial charge in [-0.1, -0.05) is 0 Å². The molecule has 0 aliphatic carbocycles. The Kier molecular flexibility index (Phi) is 38.1. The number of carboxylic acid groups (broad SMARTS) is 6. The zero-order valence-electron chi connectivity index (χ0n) is 9.03. The maximum absolute atomic E-state index is 8.93. The number of carboxylic acids is 6. The van der Waals surface area contributed by atoms with Crippen LogP contribution in [0.1, 0.15) is 0 Å². The molecule has 0 aromatic heterocycles. The van der Waals surface area contributed by atoms with E-state index in [9.17, 15) is 0 Å². The molecule has 124 valence electrons. The van der Waals surface area contributed by atoms with Crippen LogP contribution in [-0.4, -0.2) is 41.3 Å². The number of carbonyl (C=O) groups excluding carboxylic acids is 6. The molecule has 0 aliphatic rings. The molecule has 0 saturated carbocycles. The third kappa shape index (κ3) is 45.2. The van der Waals surface area contributed by atoms with Gasteiger partial charge in [0.1, 0.15) is 0 Å². The summed E-state index contributed by atoms with van der Waals surface area (Å²) in [6.07, 6.45) is 0. The average molecular weight is 607 g/mol. The van der Waals surface area contributed by atoms with E-state index in [0.29, 0.717) is 0 Å². The molecule has 0 heterocycles. The first-order chi connectivity index (χ1) is 7.93. The summed E-state index contributed by atoms with van der Waals surface area (Å²) in [4.78, 5) is 53.6. The van der Waals surface area contributed by atoms with E-state index in [2.05, 4.69) is 0 Å². The third-order valence-electron chi connectivity index (χ3n) is 0.500. The standard InChI is InChI=1S/3C2H2O4.2Dy.H2O/c3*3-1(4)2(5)6;;;/h3*(H,3,4)(H,5,6);;;1H2/q;;;2*+3;/p-6. The number of hydrogen-bond acceptors (Lipinski definition) is 12. The molecule has 2 radical (unpaired) electrons. The molecule has 15 heteroatoms.